The van der Waals surface area contributed by atoms with Crippen LogP contribution in [0.25, 0.3) is 11.0 Å². The molecule has 6 nitrogen and oxygen atoms in total. The first-order chi connectivity index (χ1) is 8.19. The molecule has 0 aliphatic rings. The average Bonchev–Trinajstić information content (AvgIpc) is 2.35. The largest absolute Gasteiger partial charge is 0.484 e. The number of carbonyl (C=O) groups is 1. The van der Waals surface area contributed by atoms with Crippen molar-refractivity contribution in [2.24, 2.45) is 5.84 Å². The molecule has 0 saturated heterocycles. The molecular weight excluding hydrogens is 224 g/mol. The van der Waals surface area contributed by atoms with Gasteiger partial charge in [-0.15, -0.1) is 0 Å². The van der Waals surface area contributed by atoms with Crippen LogP contribution in [0.4, 0.5) is 0 Å². The Labute approximate surface area is 95.9 Å². The molecule has 0 atom stereocenters. The van der Waals surface area contributed by atoms with Crippen molar-refractivity contribution in [1.29, 1.82) is 0 Å². The number of fused-ring (bicyclic) bond motifs is 1. The second-order valence-electron chi connectivity index (χ2n) is 3.31. The lowest BCUT2D eigenvalue weighted by molar-refractivity contribution is -0.123. The lowest BCUT2D eigenvalue weighted by Gasteiger charge is -2.05. The molecule has 1 aromatic heterocycles. The fourth-order valence-corrected chi connectivity index (χ4v) is 1.32. The molecular formula is C11H10N2O4. The lowest BCUT2D eigenvalue weighted by atomic mass is 10.2. The van der Waals surface area contributed by atoms with E-state index in [4.69, 9.17) is 15.0 Å². The standard InChI is InChI=1S/C11H10N2O4/c12-13-10(14)6-16-8-3-1-7-2-4-11(15)17-9(7)5-8/h1-5H,6,12H2,(H,13,14). The van der Waals surface area contributed by atoms with Gasteiger partial charge in [0.1, 0.15) is 11.3 Å². The van der Waals surface area contributed by atoms with E-state index in [0.717, 1.165) is 5.39 Å². The van der Waals surface area contributed by atoms with Gasteiger partial charge in [0.05, 0.1) is 0 Å². The van der Waals surface area contributed by atoms with E-state index in [1.165, 1.54) is 6.07 Å². The highest BCUT2D eigenvalue weighted by Crippen LogP contribution is 2.19. The minimum absolute atomic E-state index is 0.195. The summed E-state index contributed by atoms with van der Waals surface area (Å²) in [5, 5.41) is 0.778. The van der Waals surface area contributed by atoms with E-state index < -0.39 is 11.5 Å². The second-order valence-corrected chi connectivity index (χ2v) is 3.31. The maximum Gasteiger partial charge on any atom is 0.336 e. The van der Waals surface area contributed by atoms with Gasteiger partial charge >= 0.3 is 5.63 Å². The highest BCUT2D eigenvalue weighted by atomic mass is 16.5. The number of amides is 1. The fraction of sp³-hybridized carbons (Fsp3) is 0.0909. The van der Waals surface area contributed by atoms with Crippen molar-refractivity contribution in [3.05, 3.63) is 40.8 Å². The van der Waals surface area contributed by atoms with Gasteiger partial charge in [0.15, 0.2) is 6.61 Å². The maximum absolute atomic E-state index is 11.0. The van der Waals surface area contributed by atoms with Crippen LogP contribution in [-0.4, -0.2) is 12.5 Å². The Bertz CT molecular complexity index is 606. The molecule has 0 aliphatic carbocycles. The Morgan fingerprint density at radius 3 is 2.88 bits per heavy atom. The Balaban J connectivity index is 2.25. The summed E-state index contributed by atoms with van der Waals surface area (Å²) in [5.41, 5.74) is 1.91. The Morgan fingerprint density at radius 1 is 1.35 bits per heavy atom. The van der Waals surface area contributed by atoms with Crippen molar-refractivity contribution >= 4 is 16.9 Å². The van der Waals surface area contributed by atoms with Gasteiger partial charge in [0.25, 0.3) is 5.91 Å². The van der Waals surface area contributed by atoms with Gasteiger partial charge in [-0.1, -0.05) is 0 Å². The van der Waals surface area contributed by atoms with Crippen LogP contribution in [-0.2, 0) is 4.79 Å². The first kappa shape index (κ1) is 11.2. The number of nitrogens with one attached hydrogen (secondary N) is 1. The summed E-state index contributed by atoms with van der Waals surface area (Å²) >= 11 is 0. The molecule has 17 heavy (non-hydrogen) atoms. The molecule has 0 spiro atoms. The molecule has 2 rings (SSSR count). The zero-order chi connectivity index (χ0) is 12.3. The van der Waals surface area contributed by atoms with E-state index in [0.29, 0.717) is 11.3 Å². The quantitative estimate of drug-likeness (QED) is 0.341. The molecule has 88 valence electrons. The normalized spacial score (nSPS) is 10.2. The van der Waals surface area contributed by atoms with Crippen molar-refractivity contribution in [2.75, 3.05) is 6.61 Å². The van der Waals surface area contributed by atoms with Crippen LogP contribution in [0, 0.1) is 0 Å². The van der Waals surface area contributed by atoms with Gasteiger partial charge in [-0.05, 0) is 18.2 Å². The lowest BCUT2D eigenvalue weighted by Crippen LogP contribution is -2.34. The molecule has 0 fully saturated rings. The molecule has 0 radical (unpaired) electrons. The summed E-state index contributed by atoms with van der Waals surface area (Å²) in [4.78, 5) is 21.9. The van der Waals surface area contributed by atoms with Crippen molar-refractivity contribution in [3.63, 3.8) is 0 Å². The summed E-state index contributed by atoms with van der Waals surface area (Å²) in [6.07, 6.45) is 0. The van der Waals surface area contributed by atoms with Crippen LogP contribution < -0.4 is 21.6 Å². The minimum atomic E-state index is -0.445. The highest BCUT2D eigenvalue weighted by molar-refractivity contribution is 5.79. The Kier molecular flexibility index (Phi) is 3.06. The Hall–Kier alpha value is -2.34. The van der Waals surface area contributed by atoms with E-state index in [1.54, 1.807) is 24.3 Å². The van der Waals surface area contributed by atoms with Crippen LogP contribution in [0.2, 0.25) is 0 Å². The predicted molar refractivity (Wildman–Crippen MR) is 60.3 cm³/mol. The van der Waals surface area contributed by atoms with Crippen molar-refractivity contribution in [1.82, 2.24) is 5.43 Å². The zero-order valence-corrected chi connectivity index (χ0v) is 8.80. The third kappa shape index (κ3) is 2.61. The van der Waals surface area contributed by atoms with Crippen LogP contribution in [0.3, 0.4) is 0 Å². The van der Waals surface area contributed by atoms with Crippen molar-refractivity contribution in [3.8, 4) is 5.75 Å². The molecule has 3 N–H and O–H groups in total. The van der Waals surface area contributed by atoms with E-state index in [-0.39, 0.29) is 6.61 Å². The summed E-state index contributed by atoms with van der Waals surface area (Å²) in [5.74, 6) is 4.89. The molecule has 0 aliphatic heterocycles. The van der Waals surface area contributed by atoms with Crippen LogP contribution in [0.5, 0.6) is 5.75 Å². The number of hydrazine groups is 1. The third-order valence-electron chi connectivity index (χ3n) is 2.13. The van der Waals surface area contributed by atoms with Crippen LogP contribution >= 0.6 is 0 Å². The molecule has 0 bridgehead atoms. The van der Waals surface area contributed by atoms with Gasteiger partial charge < -0.3 is 9.15 Å². The van der Waals surface area contributed by atoms with E-state index in [1.807, 2.05) is 5.43 Å². The molecule has 1 aromatic carbocycles. The van der Waals surface area contributed by atoms with Crippen molar-refractivity contribution < 1.29 is 13.9 Å². The van der Waals surface area contributed by atoms with Crippen LogP contribution in [0.1, 0.15) is 0 Å². The first-order valence-corrected chi connectivity index (χ1v) is 4.85. The number of rotatable bonds is 3. The SMILES string of the molecule is NNC(=O)COc1ccc2ccc(=O)oc2c1. The minimum Gasteiger partial charge on any atom is -0.484 e. The van der Waals surface area contributed by atoms with Gasteiger partial charge in [0.2, 0.25) is 0 Å². The second kappa shape index (κ2) is 4.67. The van der Waals surface area contributed by atoms with Gasteiger partial charge in [0, 0.05) is 17.5 Å². The molecule has 2 aromatic rings. The average molecular weight is 234 g/mol. The highest BCUT2D eigenvalue weighted by Gasteiger charge is 2.03. The number of hydrogen-bond donors (Lipinski definition) is 2. The van der Waals surface area contributed by atoms with E-state index in [2.05, 4.69) is 0 Å². The monoisotopic (exact) mass is 234 g/mol. The summed E-state index contributed by atoms with van der Waals surface area (Å²) in [7, 11) is 0. The third-order valence-corrected chi connectivity index (χ3v) is 2.13. The number of ether oxygens (including phenoxy) is 1. The number of hydrogen-bond acceptors (Lipinski definition) is 5. The summed E-state index contributed by atoms with van der Waals surface area (Å²) in [6.45, 7) is -0.195. The maximum atomic E-state index is 11.0. The summed E-state index contributed by atoms with van der Waals surface area (Å²) in [6, 6.07) is 7.93. The van der Waals surface area contributed by atoms with Crippen molar-refractivity contribution in [2.45, 2.75) is 0 Å². The number of carbonyl (C=O) groups excluding carboxylic acids is 1. The first-order valence-electron chi connectivity index (χ1n) is 4.85. The molecule has 1 amide bonds. The smallest absolute Gasteiger partial charge is 0.336 e. The Morgan fingerprint density at radius 2 is 2.12 bits per heavy atom. The molecule has 1 heterocycles. The molecule has 6 heteroatoms. The predicted octanol–water partition coefficient (Wildman–Crippen LogP) is 0.162. The van der Waals surface area contributed by atoms with Gasteiger partial charge in [-0.3, -0.25) is 10.2 Å². The number of benzene rings is 1. The fourth-order valence-electron chi connectivity index (χ4n) is 1.32. The molecule has 0 unspecified atom stereocenters. The van der Waals surface area contributed by atoms with Gasteiger partial charge in [-0.25, -0.2) is 10.6 Å². The zero-order valence-electron chi connectivity index (χ0n) is 8.80. The van der Waals surface area contributed by atoms with E-state index in [9.17, 15) is 9.59 Å². The summed E-state index contributed by atoms with van der Waals surface area (Å²) < 4.78 is 10.1. The topological polar surface area (TPSA) is 94.6 Å². The molecule has 0 saturated carbocycles. The van der Waals surface area contributed by atoms with Crippen LogP contribution in [0.15, 0.2) is 39.5 Å². The van der Waals surface area contributed by atoms with Gasteiger partial charge in [-0.2, -0.15) is 0 Å². The number of nitrogens with two attached hydrogens (primary N) is 1. The van der Waals surface area contributed by atoms with E-state index >= 15 is 0 Å².